The highest BCUT2D eigenvalue weighted by atomic mass is 35.5. The van der Waals surface area contributed by atoms with Gasteiger partial charge in [-0.25, -0.2) is 14.1 Å². The Hall–Kier alpha value is -1.62. The van der Waals surface area contributed by atoms with Crippen LogP contribution in [0, 0.1) is 11.7 Å². The van der Waals surface area contributed by atoms with Gasteiger partial charge in [0.25, 0.3) is 0 Å². The van der Waals surface area contributed by atoms with E-state index < -0.39 is 0 Å². The van der Waals surface area contributed by atoms with Crippen molar-refractivity contribution >= 4 is 17.3 Å². The van der Waals surface area contributed by atoms with Crippen molar-refractivity contribution in [1.82, 2.24) is 14.8 Å². The van der Waals surface area contributed by atoms with E-state index in [-0.39, 0.29) is 5.82 Å². The number of benzene rings is 1. The molecule has 1 aromatic carbocycles. The van der Waals surface area contributed by atoms with E-state index in [1.807, 2.05) is 4.68 Å². The van der Waals surface area contributed by atoms with E-state index in [0.29, 0.717) is 23.2 Å². The van der Waals surface area contributed by atoms with E-state index in [9.17, 15) is 4.39 Å². The average Bonchev–Trinajstić information content (AvgIpc) is 2.74. The van der Waals surface area contributed by atoms with Gasteiger partial charge < -0.3 is 5.32 Å². The lowest BCUT2D eigenvalue weighted by Crippen LogP contribution is -2.13. The summed E-state index contributed by atoms with van der Waals surface area (Å²) in [5, 5.41) is 7.54. The SMILES string of the molecule is CC(C)Cn1ncnc1CNc1ccc(Cl)cc1F. The Morgan fingerprint density at radius 1 is 1.42 bits per heavy atom. The maximum absolute atomic E-state index is 13.6. The molecule has 0 saturated heterocycles. The zero-order chi connectivity index (χ0) is 13.8. The summed E-state index contributed by atoms with van der Waals surface area (Å²) in [6.07, 6.45) is 1.51. The van der Waals surface area contributed by atoms with E-state index in [2.05, 4.69) is 29.2 Å². The molecule has 0 amide bonds. The number of anilines is 1. The van der Waals surface area contributed by atoms with Gasteiger partial charge >= 0.3 is 0 Å². The molecule has 6 heteroatoms. The molecule has 0 saturated carbocycles. The number of rotatable bonds is 5. The predicted molar refractivity (Wildman–Crippen MR) is 73.6 cm³/mol. The van der Waals surface area contributed by atoms with E-state index in [1.54, 1.807) is 12.1 Å². The van der Waals surface area contributed by atoms with Gasteiger partial charge in [0.05, 0.1) is 12.2 Å². The molecular weight excluding hydrogens is 267 g/mol. The van der Waals surface area contributed by atoms with Gasteiger partial charge in [-0.3, -0.25) is 0 Å². The van der Waals surface area contributed by atoms with Crippen molar-refractivity contribution in [2.24, 2.45) is 5.92 Å². The van der Waals surface area contributed by atoms with Crippen molar-refractivity contribution in [3.05, 3.63) is 41.2 Å². The summed E-state index contributed by atoms with van der Waals surface area (Å²) in [7, 11) is 0. The monoisotopic (exact) mass is 282 g/mol. The van der Waals surface area contributed by atoms with Crippen LogP contribution in [0.3, 0.4) is 0 Å². The molecule has 102 valence electrons. The van der Waals surface area contributed by atoms with Crippen LogP contribution in [0.1, 0.15) is 19.7 Å². The molecule has 0 aliphatic rings. The molecule has 1 aromatic heterocycles. The number of nitrogens with one attached hydrogen (secondary N) is 1. The van der Waals surface area contributed by atoms with Crippen LogP contribution >= 0.6 is 11.6 Å². The van der Waals surface area contributed by atoms with Crippen molar-refractivity contribution in [1.29, 1.82) is 0 Å². The van der Waals surface area contributed by atoms with Gasteiger partial charge in [0.15, 0.2) is 0 Å². The Balaban J connectivity index is 2.04. The molecular formula is C13H16ClFN4. The zero-order valence-electron chi connectivity index (χ0n) is 10.9. The van der Waals surface area contributed by atoms with Crippen LogP contribution in [0.2, 0.25) is 5.02 Å². The lowest BCUT2D eigenvalue weighted by Gasteiger charge is -2.10. The molecule has 2 aromatic rings. The maximum atomic E-state index is 13.6. The summed E-state index contributed by atoms with van der Waals surface area (Å²) < 4.78 is 15.4. The molecule has 2 rings (SSSR count). The van der Waals surface area contributed by atoms with Crippen LogP contribution in [0.15, 0.2) is 24.5 Å². The molecule has 1 heterocycles. The van der Waals surface area contributed by atoms with Crippen molar-refractivity contribution in [3.63, 3.8) is 0 Å². The van der Waals surface area contributed by atoms with Crippen molar-refractivity contribution in [2.75, 3.05) is 5.32 Å². The van der Waals surface area contributed by atoms with E-state index in [0.717, 1.165) is 12.4 Å². The van der Waals surface area contributed by atoms with Gasteiger partial charge in [-0.1, -0.05) is 25.4 Å². The lowest BCUT2D eigenvalue weighted by atomic mass is 10.2. The molecule has 0 atom stereocenters. The van der Waals surface area contributed by atoms with Crippen LogP contribution in [-0.2, 0) is 13.1 Å². The first kappa shape index (κ1) is 13.8. The van der Waals surface area contributed by atoms with E-state index >= 15 is 0 Å². The Bertz CT molecular complexity index is 553. The van der Waals surface area contributed by atoms with Crippen LogP contribution in [0.4, 0.5) is 10.1 Å². The molecule has 4 nitrogen and oxygen atoms in total. The minimum Gasteiger partial charge on any atom is -0.375 e. The Kier molecular flexibility index (Phi) is 4.37. The molecule has 0 aliphatic heterocycles. The minimum absolute atomic E-state index is 0.373. The zero-order valence-corrected chi connectivity index (χ0v) is 11.7. The highest BCUT2D eigenvalue weighted by molar-refractivity contribution is 6.30. The molecule has 0 unspecified atom stereocenters. The van der Waals surface area contributed by atoms with Crippen LogP contribution in [-0.4, -0.2) is 14.8 Å². The lowest BCUT2D eigenvalue weighted by molar-refractivity contribution is 0.468. The molecule has 0 radical (unpaired) electrons. The summed E-state index contributed by atoms with van der Waals surface area (Å²) in [6.45, 7) is 5.43. The fraction of sp³-hybridized carbons (Fsp3) is 0.385. The Morgan fingerprint density at radius 2 is 2.21 bits per heavy atom. The topological polar surface area (TPSA) is 42.7 Å². The second-order valence-electron chi connectivity index (χ2n) is 4.73. The summed E-state index contributed by atoms with van der Waals surface area (Å²) in [5.41, 5.74) is 0.406. The first-order chi connectivity index (χ1) is 9.06. The smallest absolute Gasteiger partial charge is 0.147 e. The van der Waals surface area contributed by atoms with Crippen molar-refractivity contribution in [3.8, 4) is 0 Å². The summed E-state index contributed by atoms with van der Waals surface area (Å²) >= 11 is 5.70. The molecule has 0 spiro atoms. The van der Waals surface area contributed by atoms with Crippen LogP contribution < -0.4 is 5.32 Å². The van der Waals surface area contributed by atoms with Gasteiger partial charge in [-0.05, 0) is 24.1 Å². The molecule has 0 fully saturated rings. The first-order valence-corrected chi connectivity index (χ1v) is 6.49. The second kappa shape index (κ2) is 6.02. The van der Waals surface area contributed by atoms with Crippen molar-refractivity contribution in [2.45, 2.75) is 26.9 Å². The Morgan fingerprint density at radius 3 is 2.89 bits per heavy atom. The second-order valence-corrected chi connectivity index (χ2v) is 5.17. The number of nitrogens with zero attached hydrogens (tertiary/aromatic N) is 3. The van der Waals surface area contributed by atoms with Gasteiger partial charge in [0.2, 0.25) is 0 Å². The fourth-order valence-corrected chi connectivity index (χ4v) is 1.89. The van der Waals surface area contributed by atoms with Crippen LogP contribution in [0.5, 0.6) is 0 Å². The summed E-state index contributed by atoms with van der Waals surface area (Å²) in [4.78, 5) is 4.17. The third-order valence-corrected chi connectivity index (χ3v) is 2.84. The maximum Gasteiger partial charge on any atom is 0.147 e. The third-order valence-electron chi connectivity index (χ3n) is 2.60. The molecule has 19 heavy (non-hydrogen) atoms. The summed E-state index contributed by atoms with van der Waals surface area (Å²) in [5.74, 6) is 0.887. The van der Waals surface area contributed by atoms with Gasteiger partial charge in [-0.2, -0.15) is 5.10 Å². The molecule has 0 bridgehead atoms. The average molecular weight is 283 g/mol. The minimum atomic E-state index is -0.373. The molecule has 0 aliphatic carbocycles. The highest BCUT2D eigenvalue weighted by Gasteiger charge is 2.08. The quantitative estimate of drug-likeness (QED) is 0.915. The number of hydrogen-bond donors (Lipinski definition) is 1. The van der Waals surface area contributed by atoms with Gasteiger partial charge in [0, 0.05) is 11.6 Å². The van der Waals surface area contributed by atoms with Crippen molar-refractivity contribution < 1.29 is 4.39 Å². The van der Waals surface area contributed by atoms with Crippen LogP contribution in [0.25, 0.3) is 0 Å². The standard InChI is InChI=1S/C13H16ClFN4/c1-9(2)7-19-13(17-8-18-19)6-16-12-4-3-10(14)5-11(12)15/h3-5,8-9,16H,6-7H2,1-2H3. The highest BCUT2D eigenvalue weighted by Crippen LogP contribution is 2.19. The normalized spacial score (nSPS) is 11.0. The van der Waals surface area contributed by atoms with E-state index in [4.69, 9.17) is 11.6 Å². The van der Waals surface area contributed by atoms with E-state index in [1.165, 1.54) is 12.4 Å². The number of hydrogen-bond acceptors (Lipinski definition) is 3. The number of halogens is 2. The molecule has 1 N–H and O–H groups in total. The number of aromatic nitrogens is 3. The van der Waals surface area contributed by atoms with Gasteiger partial charge in [-0.15, -0.1) is 0 Å². The fourth-order valence-electron chi connectivity index (χ4n) is 1.73. The summed E-state index contributed by atoms with van der Waals surface area (Å²) in [6, 6.07) is 4.54. The largest absolute Gasteiger partial charge is 0.375 e. The third kappa shape index (κ3) is 3.67. The van der Waals surface area contributed by atoms with Gasteiger partial charge in [0.1, 0.15) is 18.0 Å². The first-order valence-electron chi connectivity index (χ1n) is 6.12. The Labute approximate surface area is 116 Å². The predicted octanol–water partition coefficient (Wildman–Crippen LogP) is 3.34.